The van der Waals surface area contributed by atoms with Crippen LogP contribution in [0.1, 0.15) is 33.6 Å². The lowest BCUT2D eigenvalue weighted by molar-refractivity contribution is -0.127. The predicted octanol–water partition coefficient (Wildman–Crippen LogP) is 1.92. The standard InChI is InChI=1S/C15H29N3O.2ClH/c1-11(2)10-18-6-4-14(5-7-18)17-15(19)12(3)13-8-16-9-13;;/h11-14,16H,4-10H2,1-3H3,(H,17,19);2*1H. The van der Waals surface area contributed by atoms with Crippen LogP contribution in [0.25, 0.3) is 0 Å². The summed E-state index contributed by atoms with van der Waals surface area (Å²) in [5, 5.41) is 6.49. The summed E-state index contributed by atoms with van der Waals surface area (Å²) >= 11 is 0. The van der Waals surface area contributed by atoms with Gasteiger partial charge in [0.05, 0.1) is 0 Å². The summed E-state index contributed by atoms with van der Waals surface area (Å²) in [5.74, 6) is 1.70. The molecule has 0 aromatic heterocycles. The molecule has 21 heavy (non-hydrogen) atoms. The van der Waals surface area contributed by atoms with Crippen LogP contribution in [0, 0.1) is 17.8 Å². The quantitative estimate of drug-likeness (QED) is 0.804. The second-order valence-electron chi connectivity index (χ2n) is 6.68. The first kappa shape index (κ1) is 21.0. The molecule has 0 aromatic carbocycles. The molecule has 0 saturated carbocycles. The van der Waals surface area contributed by atoms with Crippen LogP contribution >= 0.6 is 24.8 Å². The van der Waals surface area contributed by atoms with Gasteiger partial charge in [0.1, 0.15) is 0 Å². The van der Waals surface area contributed by atoms with E-state index < -0.39 is 0 Å². The first-order valence-electron chi connectivity index (χ1n) is 7.79. The van der Waals surface area contributed by atoms with Crippen molar-refractivity contribution in [1.29, 1.82) is 0 Å². The van der Waals surface area contributed by atoms with Gasteiger partial charge in [-0.25, -0.2) is 0 Å². The molecular weight excluding hydrogens is 309 g/mol. The number of piperidine rings is 1. The maximum absolute atomic E-state index is 12.2. The van der Waals surface area contributed by atoms with Gasteiger partial charge >= 0.3 is 0 Å². The zero-order chi connectivity index (χ0) is 13.8. The second-order valence-corrected chi connectivity index (χ2v) is 6.68. The topological polar surface area (TPSA) is 44.4 Å². The lowest BCUT2D eigenvalue weighted by Crippen LogP contribution is -2.52. The fourth-order valence-electron chi connectivity index (χ4n) is 2.99. The molecule has 1 amide bonds. The van der Waals surface area contributed by atoms with Crippen LogP contribution in [0.4, 0.5) is 0 Å². The second kappa shape index (κ2) is 9.88. The molecule has 2 N–H and O–H groups in total. The molecule has 2 aliphatic heterocycles. The van der Waals surface area contributed by atoms with Crippen LogP contribution in [0.2, 0.25) is 0 Å². The van der Waals surface area contributed by atoms with Crippen molar-refractivity contribution in [1.82, 2.24) is 15.5 Å². The Morgan fingerprint density at radius 3 is 2.19 bits per heavy atom. The Morgan fingerprint density at radius 1 is 1.19 bits per heavy atom. The predicted molar refractivity (Wildman–Crippen MR) is 92.5 cm³/mol. The fraction of sp³-hybridized carbons (Fsp3) is 0.933. The van der Waals surface area contributed by atoms with E-state index in [2.05, 4.69) is 36.3 Å². The minimum absolute atomic E-state index is 0. The van der Waals surface area contributed by atoms with Gasteiger partial charge in [0, 0.05) is 31.6 Å². The van der Waals surface area contributed by atoms with Gasteiger partial charge < -0.3 is 15.5 Å². The van der Waals surface area contributed by atoms with E-state index in [-0.39, 0.29) is 36.6 Å². The molecule has 0 spiro atoms. The normalized spacial score (nSPS) is 21.9. The fourth-order valence-corrected chi connectivity index (χ4v) is 2.99. The van der Waals surface area contributed by atoms with Gasteiger partial charge in [0.25, 0.3) is 0 Å². The van der Waals surface area contributed by atoms with Gasteiger partial charge in [0.15, 0.2) is 0 Å². The maximum atomic E-state index is 12.2. The molecule has 2 heterocycles. The molecule has 126 valence electrons. The number of rotatable bonds is 5. The summed E-state index contributed by atoms with van der Waals surface area (Å²) in [6.45, 7) is 12.0. The van der Waals surface area contributed by atoms with E-state index in [4.69, 9.17) is 0 Å². The van der Waals surface area contributed by atoms with Gasteiger partial charge in [0.2, 0.25) is 5.91 Å². The minimum atomic E-state index is 0. The van der Waals surface area contributed by atoms with Crippen molar-refractivity contribution in [2.24, 2.45) is 17.8 Å². The van der Waals surface area contributed by atoms with E-state index in [9.17, 15) is 4.79 Å². The third-order valence-electron chi connectivity index (χ3n) is 4.49. The average molecular weight is 340 g/mol. The van der Waals surface area contributed by atoms with Gasteiger partial charge in [-0.05, 0) is 37.8 Å². The van der Waals surface area contributed by atoms with Crippen molar-refractivity contribution >= 4 is 30.7 Å². The zero-order valence-corrected chi connectivity index (χ0v) is 15.1. The van der Waals surface area contributed by atoms with Crippen molar-refractivity contribution in [2.75, 3.05) is 32.7 Å². The van der Waals surface area contributed by atoms with Gasteiger partial charge in [-0.2, -0.15) is 0 Å². The molecule has 2 saturated heterocycles. The summed E-state index contributed by atoms with van der Waals surface area (Å²) in [6.07, 6.45) is 2.21. The molecule has 0 aromatic rings. The highest BCUT2D eigenvalue weighted by Gasteiger charge is 2.30. The third-order valence-corrected chi connectivity index (χ3v) is 4.49. The van der Waals surface area contributed by atoms with Crippen molar-refractivity contribution < 1.29 is 4.79 Å². The lowest BCUT2D eigenvalue weighted by atomic mass is 9.88. The van der Waals surface area contributed by atoms with E-state index in [1.54, 1.807) is 0 Å². The van der Waals surface area contributed by atoms with Crippen LogP contribution < -0.4 is 10.6 Å². The van der Waals surface area contributed by atoms with Crippen molar-refractivity contribution in [3.05, 3.63) is 0 Å². The van der Waals surface area contributed by atoms with Crippen LogP contribution in [-0.4, -0.2) is 49.6 Å². The Bertz CT molecular complexity index is 303. The molecule has 0 radical (unpaired) electrons. The monoisotopic (exact) mass is 339 g/mol. The van der Waals surface area contributed by atoms with Crippen LogP contribution in [-0.2, 0) is 4.79 Å². The van der Waals surface area contributed by atoms with E-state index in [0.29, 0.717) is 12.0 Å². The van der Waals surface area contributed by atoms with Crippen LogP contribution in [0.15, 0.2) is 0 Å². The molecule has 1 unspecified atom stereocenters. The third kappa shape index (κ3) is 6.31. The van der Waals surface area contributed by atoms with Crippen LogP contribution in [0.5, 0.6) is 0 Å². The SMILES string of the molecule is CC(C)CN1CCC(NC(=O)C(C)C2CNC2)CC1.Cl.Cl. The zero-order valence-electron chi connectivity index (χ0n) is 13.4. The van der Waals surface area contributed by atoms with E-state index >= 15 is 0 Å². The summed E-state index contributed by atoms with van der Waals surface area (Å²) in [7, 11) is 0. The Hall–Kier alpha value is -0.0300. The average Bonchev–Trinajstić information content (AvgIpc) is 2.28. The minimum Gasteiger partial charge on any atom is -0.353 e. The number of carbonyl (C=O) groups is 1. The number of nitrogens with one attached hydrogen (secondary N) is 2. The molecule has 2 aliphatic rings. The Balaban J connectivity index is 0.00000200. The number of carbonyl (C=O) groups excluding carboxylic acids is 1. The summed E-state index contributed by atoms with van der Waals surface area (Å²) in [4.78, 5) is 14.7. The van der Waals surface area contributed by atoms with E-state index in [1.165, 1.54) is 6.54 Å². The first-order chi connectivity index (χ1) is 9.06. The molecule has 0 bridgehead atoms. The highest BCUT2D eigenvalue weighted by atomic mass is 35.5. The summed E-state index contributed by atoms with van der Waals surface area (Å²) in [6, 6.07) is 0.395. The number of likely N-dealkylation sites (tertiary alicyclic amines) is 1. The molecule has 6 heteroatoms. The Morgan fingerprint density at radius 2 is 1.76 bits per heavy atom. The highest BCUT2D eigenvalue weighted by molar-refractivity contribution is 5.85. The number of halogens is 2. The van der Waals surface area contributed by atoms with Gasteiger partial charge in [-0.15, -0.1) is 24.8 Å². The van der Waals surface area contributed by atoms with Crippen molar-refractivity contribution in [3.63, 3.8) is 0 Å². The molecule has 0 aliphatic carbocycles. The first-order valence-corrected chi connectivity index (χ1v) is 7.79. The molecule has 1 atom stereocenters. The smallest absolute Gasteiger partial charge is 0.223 e. The Kier molecular flexibility index (Phi) is 9.87. The van der Waals surface area contributed by atoms with Crippen molar-refractivity contribution in [3.8, 4) is 0 Å². The molecule has 4 nitrogen and oxygen atoms in total. The number of hydrogen-bond acceptors (Lipinski definition) is 3. The van der Waals surface area contributed by atoms with Crippen LogP contribution in [0.3, 0.4) is 0 Å². The molecular formula is C15H31Cl2N3O. The van der Waals surface area contributed by atoms with Crippen molar-refractivity contribution in [2.45, 2.75) is 39.7 Å². The Labute approximate surface area is 141 Å². The lowest BCUT2D eigenvalue weighted by Gasteiger charge is -2.36. The van der Waals surface area contributed by atoms with E-state index in [0.717, 1.165) is 44.9 Å². The van der Waals surface area contributed by atoms with E-state index in [1.807, 2.05) is 0 Å². The summed E-state index contributed by atoms with van der Waals surface area (Å²) in [5.41, 5.74) is 0. The maximum Gasteiger partial charge on any atom is 0.223 e. The van der Waals surface area contributed by atoms with Gasteiger partial charge in [-0.1, -0.05) is 20.8 Å². The number of hydrogen-bond donors (Lipinski definition) is 2. The van der Waals surface area contributed by atoms with Gasteiger partial charge in [-0.3, -0.25) is 4.79 Å². The largest absolute Gasteiger partial charge is 0.353 e. The highest BCUT2D eigenvalue weighted by Crippen LogP contribution is 2.18. The number of nitrogens with zero attached hydrogens (tertiary/aromatic N) is 1. The summed E-state index contributed by atoms with van der Waals surface area (Å²) < 4.78 is 0. The molecule has 2 rings (SSSR count). The number of amides is 1. The molecule has 2 fully saturated rings.